The Labute approximate surface area is 191 Å². The van der Waals surface area contributed by atoms with Gasteiger partial charge in [-0.2, -0.15) is 13.2 Å². The Morgan fingerprint density at radius 1 is 1.03 bits per heavy atom. The van der Waals surface area contributed by atoms with E-state index in [0.717, 1.165) is 0 Å². The fourth-order valence-corrected chi connectivity index (χ4v) is 2.25. The standard InChI is InChI=1S/C13H16F3N3O4.Na.H2O4S.H2O/c1-3-5-17(6-4-2)12-10(18(20)21)7-9(13(14,15)16)8-11(12)19(22)23;;1-5(2,3)4;/h7-8H,3-6H2,1-2H3;;(H2,1,2,3,4);1H2/q;+1;;/p-1. The molecular formula is C13H19F3N3NaO9S. The first-order valence-electron chi connectivity index (χ1n) is 7.60. The molecule has 0 aromatic heterocycles. The van der Waals surface area contributed by atoms with E-state index >= 15 is 0 Å². The van der Waals surface area contributed by atoms with Gasteiger partial charge < -0.3 is 14.9 Å². The van der Waals surface area contributed by atoms with Gasteiger partial charge in [0.2, 0.25) is 10.4 Å². The molecule has 17 heteroatoms. The molecular weight excluding hydrogens is 454 g/mol. The van der Waals surface area contributed by atoms with Gasteiger partial charge in [0.25, 0.3) is 11.4 Å². The maximum Gasteiger partial charge on any atom is 1.00 e. The summed E-state index contributed by atoms with van der Waals surface area (Å²) in [5.74, 6) is 0. The molecule has 0 radical (unpaired) electrons. The zero-order chi connectivity index (χ0) is 22.3. The summed E-state index contributed by atoms with van der Waals surface area (Å²) >= 11 is 0. The average Bonchev–Trinajstić information content (AvgIpc) is 2.50. The Morgan fingerprint density at radius 2 is 1.33 bits per heavy atom. The Hall–Kier alpha value is -1.56. The minimum absolute atomic E-state index is 0. The summed E-state index contributed by atoms with van der Waals surface area (Å²) in [4.78, 5) is 21.7. The van der Waals surface area contributed by atoms with Crippen molar-refractivity contribution in [2.45, 2.75) is 32.9 Å². The van der Waals surface area contributed by atoms with Crippen LogP contribution in [0.25, 0.3) is 0 Å². The van der Waals surface area contributed by atoms with E-state index < -0.39 is 43.4 Å². The maximum absolute atomic E-state index is 12.8. The summed E-state index contributed by atoms with van der Waals surface area (Å²) in [5.41, 5.74) is -3.61. The Kier molecular flexibility index (Phi) is 15.1. The molecule has 0 atom stereocenters. The monoisotopic (exact) mass is 473 g/mol. The third-order valence-corrected chi connectivity index (χ3v) is 3.09. The van der Waals surface area contributed by atoms with E-state index in [4.69, 9.17) is 17.5 Å². The molecule has 0 bridgehead atoms. The molecule has 0 aliphatic carbocycles. The van der Waals surface area contributed by atoms with Crippen LogP contribution in [0.5, 0.6) is 0 Å². The molecule has 1 aromatic carbocycles. The van der Waals surface area contributed by atoms with Crippen molar-refractivity contribution >= 4 is 27.5 Å². The van der Waals surface area contributed by atoms with Gasteiger partial charge in [-0.15, -0.1) is 0 Å². The number of benzene rings is 1. The molecule has 0 amide bonds. The number of alkyl halides is 3. The summed E-state index contributed by atoms with van der Waals surface area (Å²) < 4.78 is 71.4. The number of nitro benzene ring substituents is 2. The predicted octanol–water partition coefficient (Wildman–Crippen LogP) is -0.668. The van der Waals surface area contributed by atoms with Gasteiger partial charge in [-0.25, -0.2) is 8.42 Å². The first kappa shape index (κ1) is 33.1. The largest absolute Gasteiger partial charge is 1.00 e. The first-order valence-corrected chi connectivity index (χ1v) is 8.97. The van der Waals surface area contributed by atoms with Crippen LogP contribution in [0.2, 0.25) is 0 Å². The second-order valence-electron chi connectivity index (χ2n) is 5.29. The van der Waals surface area contributed by atoms with Crippen molar-refractivity contribution in [3.8, 4) is 0 Å². The molecule has 0 aliphatic rings. The minimum atomic E-state index is -4.92. The van der Waals surface area contributed by atoms with Crippen molar-refractivity contribution < 1.29 is 75.6 Å². The third kappa shape index (κ3) is 11.6. The number of nitro groups is 2. The van der Waals surface area contributed by atoms with Gasteiger partial charge in [-0.3, -0.25) is 24.8 Å². The third-order valence-electron chi connectivity index (χ3n) is 3.09. The number of hydrogen-bond acceptors (Lipinski definition) is 8. The van der Waals surface area contributed by atoms with Crippen LogP contribution in [-0.4, -0.2) is 45.9 Å². The van der Waals surface area contributed by atoms with Crippen LogP contribution in [0.1, 0.15) is 32.3 Å². The molecule has 0 saturated heterocycles. The maximum atomic E-state index is 12.8. The Morgan fingerprint density at radius 3 is 1.53 bits per heavy atom. The summed E-state index contributed by atoms with van der Waals surface area (Å²) in [5, 5.41) is 22.4. The van der Waals surface area contributed by atoms with Crippen LogP contribution in [0.4, 0.5) is 30.2 Å². The minimum Gasteiger partial charge on any atom is -0.726 e. The quantitative estimate of drug-likeness (QED) is 0.175. The number of hydrogen-bond donors (Lipinski definition) is 1. The molecule has 0 fully saturated rings. The molecule has 30 heavy (non-hydrogen) atoms. The fraction of sp³-hybridized carbons (Fsp3) is 0.538. The number of anilines is 1. The van der Waals surface area contributed by atoms with E-state index in [1.807, 2.05) is 0 Å². The Balaban J connectivity index is -0.000000930. The van der Waals surface area contributed by atoms with E-state index in [-0.39, 0.29) is 53.8 Å². The van der Waals surface area contributed by atoms with E-state index in [9.17, 15) is 33.4 Å². The Bertz CT molecular complexity index is 773. The van der Waals surface area contributed by atoms with Crippen LogP contribution >= 0.6 is 0 Å². The second-order valence-corrected chi connectivity index (χ2v) is 6.15. The van der Waals surface area contributed by atoms with Crippen molar-refractivity contribution in [2.24, 2.45) is 0 Å². The number of rotatable bonds is 7. The molecule has 0 aliphatic heterocycles. The summed E-state index contributed by atoms with van der Waals surface area (Å²) in [6.07, 6.45) is -3.83. The zero-order valence-corrected chi connectivity index (χ0v) is 19.0. The van der Waals surface area contributed by atoms with Gasteiger partial charge in [-0.1, -0.05) is 13.8 Å². The van der Waals surface area contributed by atoms with Gasteiger partial charge in [0.05, 0.1) is 15.4 Å². The predicted molar refractivity (Wildman–Crippen MR) is 93.5 cm³/mol. The molecule has 3 N–H and O–H groups in total. The zero-order valence-electron chi connectivity index (χ0n) is 16.2. The fourth-order valence-electron chi connectivity index (χ4n) is 2.25. The number of halogens is 3. The average molecular weight is 473 g/mol. The first-order chi connectivity index (χ1) is 12.6. The van der Waals surface area contributed by atoms with Gasteiger partial charge in [0.15, 0.2) is 5.69 Å². The van der Waals surface area contributed by atoms with Crippen LogP contribution in [0, 0.1) is 20.2 Å². The van der Waals surface area contributed by atoms with Crippen molar-refractivity contribution in [1.82, 2.24) is 0 Å². The molecule has 12 nitrogen and oxygen atoms in total. The van der Waals surface area contributed by atoms with E-state index in [0.29, 0.717) is 25.0 Å². The molecule has 1 rings (SSSR count). The van der Waals surface area contributed by atoms with E-state index in [1.54, 1.807) is 13.8 Å². The van der Waals surface area contributed by atoms with E-state index in [2.05, 4.69) is 0 Å². The van der Waals surface area contributed by atoms with Crippen LogP contribution < -0.4 is 34.5 Å². The normalized spacial score (nSPS) is 10.6. The molecule has 1 aromatic rings. The van der Waals surface area contributed by atoms with Crippen LogP contribution in [0.3, 0.4) is 0 Å². The van der Waals surface area contributed by atoms with E-state index in [1.165, 1.54) is 4.90 Å². The van der Waals surface area contributed by atoms with Crippen LogP contribution in [-0.2, 0) is 16.6 Å². The molecule has 0 unspecified atom stereocenters. The van der Waals surface area contributed by atoms with Gasteiger partial charge in [0.1, 0.15) is 0 Å². The SMILES string of the molecule is CCCN(CCC)c1c([N+](=O)[O-])cc(C(F)(F)F)cc1[N+](=O)[O-].O.O=S(=O)([O-])O.[Na+]. The van der Waals surface area contributed by atoms with Gasteiger partial charge in [-0.05, 0) is 12.8 Å². The van der Waals surface area contributed by atoms with Crippen molar-refractivity contribution in [2.75, 3.05) is 18.0 Å². The van der Waals surface area contributed by atoms with Gasteiger partial charge in [0, 0.05) is 25.2 Å². The summed E-state index contributed by atoms with van der Waals surface area (Å²) in [6, 6.07) is 0.696. The topological polar surface area (TPSA) is 198 Å². The van der Waals surface area contributed by atoms with Crippen LogP contribution in [0.15, 0.2) is 12.1 Å². The van der Waals surface area contributed by atoms with Gasteiger partial charge >= 0.3 is 35.7 Å². The summed E-state index contributed by atoms with van der Waals surface area (Å²) in [7, 11) is -4.92. The summed E-state index contributed by atoms with van der Waals surface area (Å²) in [6.45, 7) is 4.07. The molecule has 0 heterocycles. The van der Waals surface area contributed by atoms with Crippen molar-refractivity contribution in [3.63, 3.8) is 0 Å². The number of nitrogens with zero attached hydrogens (tertiary/aromatic N) is 3. The smallest absolute Gasteiger partial charge is 0.726 e. The molecule has 168 valence electrons. The van der Waals surface area contributed by atoms with Crippen molar-refractivity contribution in [1.29, 1.82) is 0 Å². The molecule has 0 spiro atoms. The molecule has 0 saturated carbocycles. The second kappa shape index (κ2) is 13.7. The van der Waals surface area contributed by atoms with Crippen molar-refractivity contribution in [3.05, 3.63) is 37.9 Å².